The second-order valence-corrected chi connectivity index (χ2v) is 6.23. The van der Waals surface area contributed by atoms with E-state index >= 15 is 0 Å². The summed E-state index contributed by atoms with van der Waals surface area (Å²) in [5, 5.41) is 0. The Labute approximate surface area is 125 Å². The Bertz CT molecular complexity index is 519. The van der Waals surface area contributed by atoms with E-state index in [1.165, 1.54) is 11.1 Å². The molecule has 2 saturated heterocycles. The van der Waals surface area contributed by atoms with Gasteiger partial charge < -0.3 is 4.90 Å². The van der Waals surface area contributed by atoms with Crippen LogP contribution in [0.1, 0.15) is 30.4 Å². The average Bonchev–Trinajstić information content (AvgIpc) is 2.83. The number of alkyl halides is 1. The number of hydrogen-bond acceptors (Lipinski definition) is 2. The van der Waals surface area contributed by atoms with E-state index < -0.39 is 6.17 Å². The lowest BCUT2D eigenvalue weighted by atomic mass is 10.1. The molecule has 2 aliphatic heterocycles. The molecule has 1 aromatic carbocycles. The molecule has 0 N–H and O–H groups in total. The molecule has 2 fully saturated rings. The first-order valence-corrected chi connectivity index (χ1v) is 7.86. The van der Waals surface area contributed by atoms with Crippen molar-refractivity contribution in [3.63, 3.8) is 0 Å². The maximum Gasteiger partial charge on any atom is 0.240 e. The second-order valence-electron chi connectivity index (χ2n) is 6.23. The summed E-state index contributed by atoms with van der Waals surface area (Å²) in [6.45, 7) is 4.82. The van der Waals surface area contributed by atoms with E-state index in [2.05, 4.69) is 19.1 Å². The minimum absolute atomic E-state index is 0.104. The van der Waals surface area contributed by atoms with Crippen molar-refractivity contribution in [2.24, 2.45) is 0 Å². The normalized spacial score (nSPS) is 27.3. The van der Waals surface area contributed by atoms with Crippen molar-refractivity contribution in [2.75, 3.05) is 19.6 Å². The summed E-state index contributed by atoms with van der Waals surface area (Å²) in [7, 11) is 0. The van der Waals surface area contributed by atoms with E-state index in [1.54, 1.807) is 0 Å². The van der Waals surface area contributed by atoms with Gasteiger partial charge in [-0.15, -0.1) is 0 Å². The monoisotopic (exact) mass is 290 g/mol. The lowest BCUT2D eigenvalue weighted by molar-refractivity contribution is -0.133. The molecule has 114 valence electrons. The highest BCUT2D eigenvalue weighted by molar-refractivity contribution is 5.84. The van der Waals surface area contributed by atoms with E-state index in [1.807, 2.05) is 21.9 Å². The van der Waals surface area contributed by atoms with Gasteiger partial charge in [-0.25, -0.2) is 4.39 Å². The summed E-state index contributed by atoms with van der Waals surface area (Å²) in [6, 6.07) is 8.08. The van der Waals surface area contributed by atoms with Crippen LogP contribution in [0.15, 0.2) is 24.3 Å². The summed E-state index contributed by atoms with van der Waals surface area (Å²) >= 11 is 0. The van der Waals surface area contributed by atoms with Crippen LogP contribution in [-0.4, -0.2) is 47.6 Å². The number of piperidine rings is 1. The predicted octanol–water partition coefficient (Wildman–Crippen LogP) is 2.53. The van der Waals surface area contributed by atoms with Crippen LogP contribution in [0.5, 0.6) is 0 Å². The predicted molar refractivity (Wildman–Crippen MR) is 80.7 cm³/mol. The Morgan fingerprint density at radius 1 is 1.24 bits per heavy atom. The lowest BCUT2D eigenvalue weighted by Gasteiger charge is -2.32. The number of rotatable bonds is 3. The van der Waals surface area contributed by atoms with Gasteiger partial charge in [-0.05, 0) is 43.9 Å². The molecule has 0 saturated carbocycles. The zero-order valence-corrected chi connectivity index (χ0v) is 12.6. The summed E-state index contributed by atoms with van der Waals surface area (Å²) < 4.78 is 13.5. The first-order chi connectivity index (χ1) is 10.1. The fourth-order valence-electron chi connectivity index (χ4n) is 3.45. The minimum Gasteiger partial charge on any atom is -0.337 e. The molecule has 0 spiro atoms. The summed E-state index contributed by atoms with van der Waals surface area (Å²) in [5.41, 5.74) is 2.42. The number of carbonyl (C=O) groups is 1. The Morgan fingerprint density at radius 3 is 2.81 bits per heavy atom. The zero-order chi connectivity index (χ0) is 14.8. The van der Waals surface area contributed by atoms with Gasteiger partial charge in [-0.3, -0.25) is 9.69 Å². The molecule has 2 unspecified atom stereocenters. The Morgan fingerprint density at radius 2 is 2.05 bits per heavy atom. The molecule has 2 aliphatic rings. The minimum atomic E-state index is -0.767. The molecule has 21 heavy (non-hydrogen) atoms. The van der Waals surface area contributed by atoms with Crippen molar-refractivity contribution in [1.82, 2.24) is 9.80 Å². The molecule has 0 aromatic heterocycles. The number of halogens is 1. The van der Waals surface area contributed by atoms with Crippen LogP contribution in [0.25, 0.3) is 0 Å². The number of hydrogen-bond donors (Lipinski definition) is 0. The third-order valence-electron chi connectivity index (χ3n) is 4.73. The lowest BCUT2D eigenvalue weighted by Crippen LogP contribution is -2.47. The van der Waals surface area contributed by atoms with Gasteiger partial charge in [-0.2, -0.15) is 0 Å². The van der Waals surface area contributed by atoms with Crippen molar-refractivity contribution in [3.05, 3.63) is 35.4 Å². The number of nitrogens with zero attached hydrogens (tertiary/aromatic N) is 2. The van der Waals surface area contributed by atoms with Gasteiger partial charge in [0, 0.05) is 19.6 Å². The average molecular weight is 290 g/mol. The Hall–Kier alpha value is -1.42. The molecule has 2 atom stereocenters. The van der Waals surface area contributed by atoms with Crippen LogP contribution in [-0.2, 0) is 11.3 Å². The number of carbonyl (C=O) groups excluding carboxylic acids is 1. The molecule has 3 nitrogen and oxygen atoms in total. The Balaban J connectivity index is 1.65. The van der Waals surface area contributed by atoms with Gasteiger partial charge in [0.25, 0.3) is 0 Å². The van der Waals surface area contributed by atoms with Gasteiger partial charge in [-0.1, -0.05) is 24.3 Å². The van der Waals surface area contributed by atoms with Gasteiger partial charge >= 0.3 is 0 Å². The summed E-state index contributed by atoms with van der Waals surface area (Å²) in [4.78, 5) is 16.6. The van der Waals surface area contributed by atoms with E-state index in [0.717, 1.165) is 25.9 Å². The van der Waals surface area contributed by atoms with Crippen molar-refractivity contribution < 1.29 is 9.18 Å². The van der Waals surface area contributed by atoms with Gasteiger partial charge in [0.2, 0.25) is 5.91 Å². The maximum atomic E-state index is 13.5. The third-order valence-corrected chi connectivity index (χ3v) is 4.73. The van der Waals surface area contributed by atoms with Crippen LogP contribution in [0, 0.1) is 6.92 Å². The Kier molecular flexibility index (Phi) is 4.24. The summed E-state index contributed by atoms with van der Waals surface area (Å²) in [5.74, 6) is 0.173. The van der Waals surface area contributed by atoms with Gasteiger partial charge in [0.1, 0.15) is 6.17 Å². The quantitative estimate of drug-likeness (QED) is 0.854. The molecular formula is C17H23FN2O. The van der Waals surface area contributed by atoms with Crippen molar-refractivity contribution in [3.8, 4) is 0 Å². The first-order valence-electron chi connectivity index (χ1n) is 7.86. The van der Waals surface area contributed by atoms with Crippen molar-refractivity contribution in [2.45, 2.75) is 44.9 Å². The molecule has 4 heteroatoms. The SMILES string of the molecule is Cc1ccccc1CN1CCC(N2CCCC(F)C2)C1=O. The third kappa shape index (κ3) is 3.10. The zero-order valence-electron chi connectivity index (χ0n) is 12.6. The van der Waals surface area contributed by atoms with Crippen LogP contribution in [0.4, 0.5) is 4.39 Å². The fourth-order valence-corrected chi connectivity index (χ4v) is 3.45. The maximum absolute atomic E-state index is 13.5. The smallest absolute Gasteiger partial charge is 0.240 e. The highest BCUT2D eigenvalue weighted by Crippen LogP contribution is 2.24. The molecule has 0 bridgehead atoms. The highest BCUT2D eigenvalue weighted by atomic mass is 19.1. The molecule has 1 aromatic rings. The van der Waals surface area contributed by atoms with E-state index in [-0.39, 0.29) is 11.9 Å². The highest BCUT2D eigenvalue weighted by Gasteiger charge is 2.37. The van der Waals surface area contributed by atoms with Crippen molar-refractivity contribution in [1.29, 1.82) is 0 Å². The summed E-state index contributed by atoms with van der Waals surface area (Å²) in [6.07, 6.45) is 1.57. The molecular weight excluding hydrogens is 267 g/mol. The topological polar surface area (TPSA) is 23.6 Å². The van der Waals surface area contributed by atoms with Crippen LogP contribution in [0.2, 0.25) is 0 Å². The molecule has 1 amide bonds. The van der Waals surface area contributed by atoms with Crippen molar-refractivity contribution >= 4 is 5.91 Å². The molecule has 0 aliphatic carbocycles. The molecule has 2 heterocycles. The van der Waals surface area contributed by atoms with Gasteiger partial charge in [0.05, 0.1) is 6.04 Å². The van der Waals surface area contributed by atoms with E-state index in [9.17, 15) is 9.18 Å². The standard InChI is InChI=1S/C17H23FN2O/c1-13-5-2-3-6-14(13)11-20-10-8-16(17(20)21)19-9-4-7-15(18)12-19/h2-3,5-6,15-16H,4,7-12H2,1H3. The van der Waals surface area contributed by atoms with Crippen LogP contribution >= 0.6 is 0 Å². The number of benzene rings is 1. The number of likely N-dealkylation sites (tertiary alicyclic amines) is 2. The number of aryl methyl sites for hydroxylation is 1. The second kappa shape index (κ2) is 6.14. The van der Waals surface area contributed by atoms with Crippen LogP contribution < -0.4 is 0 Å². The molecule has 0 radical (unpaired) electrons. The molecule has 3 rings (SSSR count). The van der Waals surface area contributed by atoms with E-state index in [0.29, 0.717) is 19.5 Å². The number of amides is 1. The van der Waals surface area contributed by atoms with Gasteiger partial charge in [0.15, 0.2) is 0 Å². The fraction of sp³-hybridized carbons (Fsp3) is 0.588. The van der Waals surface area contributed by atoms with E-state index in [4.69, 9.17) is 0 Å². The first kappa shape index (κ1) is 14.5. The largest absolute Gasteiger partial charge is 0.337 e. The van der Waals surface area contributed by atoms with Crippen LogP contribution in [0.3, 0.4) is 0 Å².